The largest absolute Gasteiger partial charge is 0.310 e. The number of rotatable bonds is 2. The topological polar surface area (TPSA) is 42.0 Å². The zero-order chi connectivity index (χ0) is 13.9. The fourth-order valence-corrected chi connectivity index (χ4v) is 2.94. The highest BCUT2D eigenvalue weighted by molar-refractivity contribution is 6.31. The van der Waals surface area contributed by atoms with Gasteiger partial charge in [0, 0.05) is 16.3 Å². The Kier molecular flexibility index (Phi) is 3.88. The van der Waals surface area contributed by atoms with E-state index in [1.54, 1.807) is 0 Å². The molecule has 1 aromatic heterocycles. The highest BCUT2D eigenvalue weighted by Crippen LogP contribution is 2.25. The third-order valence-corrected chi connectivity index (χ3v) is 4.11. The predicted octanol–water partition coefficient (Wildman–Crippen LogP) is 4.41. The molecule has 1 saturated carbocycles. The zero-order valence-electron chi connectivity index (χ0n) is 11.2. The molecule has 0 atom stereocenters. The summed E-state index contributed by atoms with van der Waals surface area (Å²) in [6.07, 6.45) is 5.55. The van der Waals surface area contributed by atoms with E-state index in [0.29, 0.717) is 10.8 Å². The fourth-order valence-electron chi connectivity index (χ4n) is 2.76. The Labute approximate surface area is 123 Å². The van der Waals surface area contributed by atoms with Crippen molar-refractivity contribution in [3.05, 3.63) is 35.4 Å². The number of halogens is 1. The summed E-state index contributed by atoms with van der Waals surface area (Å²) < 4.78 is 0. The van der Waals surface area contributed by atoms with Crippen molar-refractivity contribution in [1.82, 2.24) is 4.98 Å². The van der Waals surface area contributed by atoms with Gasteiger partial charge in [0.1, 0.15) is 5.82 Å². The maximum atomic E-state index is 12.2. The van der Waals surface area contributed by atoms with Crippen LogP contribution in [0.5, 0.6) is 0 Å². The molecule has 0 radical (unpaired) electrons. The van der Waals surface area contributed by atoms with Crippen LogP contribution in [0.15, 0.2) is 30.3 Å². The molecule has 0 unspecified atom stereocenters. The van der Waals surface area contributed by atoms with Crippen molar-refractivity contribution in [2.24, 2.45) is 5.92 Å². The second kappa shape index (κ2) is 5.80. The molecule has 0 bridgehead atoms. The maximum absolute atomic E-state index is 12.2. The van der Waals surface area contributed by atoms with E-state index in [2.05, 4.69) is 10.3 Å². The second-order valence-electron chi connectivity index (χ2n) is 5.36. The Balaban J connectivity index is 1.76. The first-order chi connectivity index (χ1) is 9.72. The Morgan fingerprint density at radius 1 is 1.15 bits per heavy atom. The summed E-state index contributed by atoms with van der Waals surface area (Å²) in [5.41, 5.74) is 0.843. The van der Waals surface area contributed by atoms with E-state index in [9.17, 15) is 4.79 Å². The van der Waals surface area contributed by atoms with Crippen LogP contribution in [-0.2, 0) is 4.79 Å². The monoisotopic (exact) mass is 288 g/mol. The smallest absolute Gasteiger partial charge is 0.228 e. The molecular weight excluding hydrogens is 272 g/mol. The summed E-state index contributed by atoms with van der Waals surface area (Å²) in [6.45, 7) is 0. The van der Waals surface area contributed by atoms with Crippen molar-refractivity contribution in [1.29, 1.82) is 0 Å². The predicted molar refractivity (Wildman–Crippen MR) is 82.0 cm³/mol. The van der Waals surface area contributed by atoms with E-state index in [1.807, 2.05) is 30.3 Å². The second-order valence-corrected chi connectivity index (χ2v) is 5.79. The Morgan fingerprint density at radius 2 is 1.95 bits per heavy atom. The summed E-state index contributed by atoms with van der Waals surface area (Å²) in [5, 5.41) is 4.61. The average molecular weight is 289 g/mol. The first-order valence-corrected chi connectivity index (χ1v) is 7.47. The van der Waals surface area contributed by atoms with Gasteiger partial charge in [-0.3, -0.25) is 4.79 Å². The van der Waals surface area contributed by atoms with Crippen molar-refractivity contribution in [2.45, 2.75) is 32.1 Å². The maximum Gasteiger partial charge on any atom is 0.228 e. The van der Waals surface area contributed by atoms with Crippen LogP contribution in [0.25, 0.3) is 10.9 Å². The number of benzene rings is 1. The molecule has 1 N–H and O–H groups in total. The number of nitrogens with one attached hydrogen (secondary N) is 1. The number of nitrogens with zero attached hydrogens (tertiary/aromatic N) is 1. The van der Waals surface area contributed by atoms with E-state index in [-0.39, 0.29) is 11.8 Å². The first-order valence-electron chi connectivity index (χ1n) is 7.09. The molecule has 3 rings (SSSR count). The van der Waals surface area contributed by atoms with Crippen LogP contribution in [0.1, 0.15) is 32.1 Å². The van der Waals surface area contributed by atoms with Crippen molar-refractivity contribution in [2.75, 3.05) is 5.32 Å². The Bertz CT molecular complexity index is 635. The SMILES string of the molecule is O=C(Nc1ccc2cc(Cl)ccc2n1)C1CCCCC1. The lowest BCUT2D eigenvalue weighted by Crippen LogP contribution is -2.25. The minimum atomic E-state index is 0.102. The van der Waals surface area contributed by atoms with Gasteiger partial charge in [0.2, 0.25) is 5.91 Å². The lowest BCUT2D eigenvalue weighted by Gasteiger charge is -2.20. The number of hydrogen-bond donors (Lipinski definition) is 1. The van der Waals surface area contributed by atoms with Gasteiger partial charge < -0.3 is 5.32 Å². The normalized spacial score (nSPS) is 16.2. The number of anilines is 1. The minimum Gasteiger partial charge on any atom is -0.310 e. The van der Waals surface area contributed by atoms with Crippen LogP contribution in [-0.4, -0.2) is 10.9 Å². The number of fused-ring (bicyclic) bond motifs is 1. The molecule has 1 aliphatic carbocycles. The van der Waals surface area contributed by atoms with E-state index < -0.39 is 0 Å². The molecule has 1 aromatic carbocycles. The van der Waals surface area contributed by atoms with Crippen molar-refractivity contribution in [3.63, 3.8) is 0 Å². The van der Waals surface area contributed by atoms with Gasteiger partial charge in [0.15, 0.2) is 0 Å². The highest BCUT2D eigenvalue weighted by Gasteiger charge is 2.21. The van der Waals surface area contributed by atoms with Gasteiger partial charge in [-0.15, -0.1) is 0 Å². The summed E-state index contributed by atoms with van der Waals surface area (Å²) >= 11 is 5.95. The van der Waals surface area contributed by atoms with Gasteiger partial charge in [0.25, 0.3) is 0 Å². The summed E-state index contributed by atoms with van der Waals surface area (Å²) in [7, 11) is 0. The van der Waals surface area contributed by atoms with E-state index in [1.165, 1.54) is 6.42 Å². The quantitative estimate of drug-likeness (QED) is 0.889. The minimum absolute atomic E-state index is 0.102. The third kappa shape index (κ3) is 2.93. The van der Waals surface area contributed by atoms with Crippen LogP contribution in [0.2, 0.25) is 5.02 Å². The molecule has 4 heteroatoms. The van der Waals surface area contributed by atoms with E-state index in [0.717, 1.165) is 36.6 Å². The van der Waals surface area contributed by atoms with Gasteiger partial charge >= 0.3 is 0 Å². The molecule has 0 saturated heterocycles. The van der Waals surface area contributed by atoms with Gasteiger partial charge in [-0.05, 0) is 43.2 Å². The number of pyridine rings is 1. The molecule has 104 valence electrons. The lowest BCUT2D eigenvalue weighted by molar-refractivity contribution is -0.120. The van der Waals surface area contributed by atoms with Crippen LogP contribution < -0.4 is 5.32 Å². The fraction of sp³-hybridized carbons (Fsp3) is 0.375. The number of carbonyl (C=O) groups is 1. The molecule has 1 heterocycles. The van der Waals surface area contributed by atoms with Gasteiger partial charge in [-0.1, -0.05) is 30.9 Å². The molecule has 2 aromatic rings. The number of aromatic nitrogens is 1. The van der Waals surface area contributed by atoms with Gasteiger partial charge in [0.05, 0.1) is 5.52 Å². The summed E-state index contributed by atoms with van der Waals surface area (Å²) in [6, 6.07) is 9.32. The van der Waals surface area contributed by atoms with Gasteiger partial charge in [-0.2, -0.15) is 0 Å². The standard InChI is InChI=1S/C16H17ClN2O/c17-13-7-8-14-12(10-13)6-9-15(18-14)19-16(20)11-4-2-1-3-5-11/h6-11H,1-5H2,(H,18,19,20). The molecule has 1 amide bonds. The zero-order valence-corrected chi connectivity index (χ0v) is 12.0. The van der Waals surface area contributed by atoms with Crippen molar-refractivity contribution in [3.8, 4) is 0 Å². The molecule has 0 spiro atoms. The number of hydrogen-bond acceptors (Lipinski definition) is 2. The Hall–Kier alpha value is -1.61. The molecule has 0 aliphatic heterocycles. The van der Waals surface area contributed by atoms with Crippen molar-refractivity contribution < 1.29 is 4.79 Å². The lowest BCUT2D eigenvalue weighted by atomic mass is 9.89. The van der Waals surface area contributed by atoms with Crippen LogP contribution in [0, 0.1) is 5.92 Å². The molecular formula is C16H17ClN2O. The van der Waals surface area contributed by atoms with Crippen LogP contribution in [0.4, 0.5) is 5.82 Å². The number of carbonyl (C=O) groups excluding carboxylic acids is 1. The molecule has 3 nitrogen and oxygen atoms in total. The van der Waals surface area contributed by atoms with Crippen molar-refractivity contribution >= 4 is 34.2 Å². The Morgan fingerprint density at radius 3 is 2.75 bits per heavy atom. The van der Waals surface area contributed by atoms with Gasteiger partial charge in [-0.25, -0.2) is 4.98 Å². The number of amides is 1. The molecule has 1 fully saturated rings. The molecule has 1 aliphatic rings. The first kappa shape index (κ1) is 13.4. The van der Waals surface area contributed by atoms with Crippen LogP contribution >= 0.6 is 11.6 Å². The van der Waals surface area contributed by atoms with Crippen LogP contribution in [0.3, 0.4) is 0 Å². The summed E-state index contributed by atoms with van der Waals surface area (Å²) in [4.78, 5) is 16.6. The third-order valence-electron chi connectivity index (χ3n) is 3.88. The molecule has 20 heavy (non-hydrogen) atoms. The average Bonchev–Trinajstić information content (AvgIpc) is 2.48. The van der Waals surface area contributed by atoms with E-state index >= 15 is 0 Å². The summed E-state index contributed by atoms with van der Waals surface area (Å²) in [5.74, 6) is 0.868. The van der Waals surface area contributed by atoms with E-state index in [4.69, 9.17) is 11.6 Å². The highest BCUT2D eigenvalue weighted by atomic mass is 35.5.